The fourth-order valence-electron chi connectivity index (χ4n) is 2.39. The van der Waals surface area contributed by atoms with Crippen LogP contribution in [0.5, 0.6) is 0 Å². The van der Waals surface area contributed by atoms with Gasteiger partial charge in [0.05, 0.1) is 0 Å². The predicted octanol–water partition coefficient (Wildman–Crippen LogP) is 2.17. The summed E-state index contributed by atoms with van der Waals surface area (Å²) in [6, 6.07) is 5.31. The van der Waals surface area contributed by atoms with Crippen LogP contribution in [-0.2, 0) is 6.42 Å². The molecule has 88 valence electrons. The van der Waals surface area contributed by atoms with Gasteiger partial charge in [-0.1, -0.05) is 13.0 Å². The summed E-state index contributed by atoms with van der Waals surface area (Å²) >= 11 is 0. The van der Waals surface area contributed by atoms with Crippen molar-refractivity contribution in [2.24, 2.45) is 11.7 Å². The number of hydrogen-bond donors (Lipinski definition) is 1. The molecule has 2 rings (SSSR count). The second kappa shape index (κ2) is 4.83. The van der Waals surface area contributed by atoms with Crippen LogP contribution in [0.1, 0.15) is 18.9 Å². The van der Waals surface area contributed by atoms with Gasteiger partial charge < -0.3 is 10.6 Å². The number of hydrogen-bond acceptors (Lipinski definition) is 2. The zero-order valence-electron chi connectivity index (χ0n) is 9.75. The SMILES string of the molecule is CC1CCN(c2cccc(F)c2CCN)C1. The molecule has 0 bridgehead atoms. The van der Waals surface area contributed by atoms with Gasteiger partial charge in [-0.15, -0.1) is 0 Å². The van der Waals surface area contributed by atoms with Crippen LogP contribution in [0.4, 0.5) is 10.1 Å². The largest absolute Gasteiger partial charge is 0.371 e. The Kier molecular flexibility index (Phi) is 3.44. The molecule has 0 radical (unpaired) electrons. The molecule has 1 aliphatic heterocycles. The van der Waals surface area contributed by atoms with Crippen LogP contribution in [0.2, 0.25) is 0 Å². The van der Waals surface area contributed by atoms with Crippen molar-refractivity contribution in [3.05, 3.63) is 29.6 Å². The van der Waals surface area contributed by atoms with Crippen molar-refractivity contribution in [3.63, 3.8) is 0 Å². The molecule has 0 amide bonds. The second-order valence-electron chi connectivity index (χ2n) is 4.62. The Bertz CT molecular complexity index is 365. The van der Waals surface area contributed by atoms with Crippen LogP contribution < -0.4 is 10.6 Å². The van der Waals surface area contributed by atoms with Gasteiger partial charge in [0.25, 0.3) is 0 Å². The molecular formula is C13H19FN2. The van der Waals surface area contributed by atoms with Gasteiger partial charge in [-0.3, -0.25) is 0 Å². The van der Waals surface area contributed by atoms with E-state index in [9.17, 15) is 4.39 Å². The van der Waals surface area contributed by atoms with E-state index >= 15 is 0 Å². The standard InChI is InChI=1S/C13H19FN2/c1-10-6-8-16(9-10)13-4-2-3-12(14)11(13)5-7-15/h2-4,10H,5-9,15H2,1H3. The van der Waals surface area contributed by atoms with E-state index in [4.69, 9.17) is 5.73 Å². The Morgan fingerprint density at radius 3 is 2.94 bits per heavy atom. The summed E-state index contributed by atoms with van der Waals surface area (Å²) in [4.78, 5) is 2.28. The maximum atomic E-state index is 13.7. The summed E-state index contributed by atoms with van der Waals surface area (Å²) in [5.74, 6) is 0.580. The molecule has 2 N–H and O–H groups in total. The molecule has 0 spiro atoms. The molecule has 1 saturated heterocycles. The molecule has 1 aromatic rings. The fourth-order valence-corrected chi connectivity index (χ4v) is 2.39. The van der Waals surface area contributed by atoms with Crippen molar-refractivity contribution >= 4 is 5.69 Å². The lowest BCUT2D eigenvalue weighted by Gasteiger charge is -2.22. The summed E-state index contributed by atoms with van der Waals surface area (Å²) in [5, 5.41) is 0. The third-order valence-corrected chi connectivity index (χ3v) is 3.25. The predicted molar refractivity (Wildman–Crippen MR) is 65.2 cm³/mol. The van der Waals surface area contributed by atoms with Gasteiger partial charge in [-0.2, -0.15) is 0 Å². The highest BCUT2D eigenvalue weighted by atomic mass is 19.1. The fraction of sp³-hybridized carbons (Fsp3) is 0.538. The molecule has 2 nitrogen and oxygen atoms in total. The van der Waals surface area contributed by atoms with Crippen molar-refractivity contribution in [1.29, 1.82) is 0 Å². The highest BCUT2D eigenvalue weighted by Crippen LogP contribution is 2.28. The molecule has 3 heteroatoms. The first-order valence-corrected chi connectivity index (χ1v) is 5.94. The minimum absolute atomic E-state index is 0.123. The Morgan fingerprint density at radius 2 is 2.31 bits per heavy atom. The number of halogens is 1. The summed E-state index contributed by atoms with van der Waals surface area (Å²) in [5.41, 5.74) is 7.35. The topological polar surface area (TPSA) is 29.3 Å². The lowest BCUT2D eigenvalue weighted by atomic mass is 10.1. The van der Waals surface area contributed by atoms with Gasteiger partial charge >= 0.3 is 0 Å². The van der Waals surface area contributed by atoms with E-state index in [1.54, 1.807) is 6.07 Å². The molecule has 1 aromatic carbocycles. The van der Waals surface area contributed by atoms with Crippen molar-refractivity contribution in [3.8, 4) is 0 Å². The number of anilines is 1. The van der Waals surface area contributed by atoms with E-state index in [-0.39, 0.29) is 5.82 Å². The van der Waals surface area contributed by atoms with Gasteiger partial charge in [0.2, 0.25) is 0 Å². The Labute approximate surface area is 96.2 Å². The average molecular weight is 222 g/mol. The molecule has 1 atom stereocenters. The zero-order valence-corrected chi connectivity index (χ0v) is 9.75. The van der Waals surface area contributed by atoms with Crippen LogP contribution in [0.15, 0.2) is 18.2 Å². The molecule has 1 fully saturated rings. The quantitative estimate of drug-likeness (QED) is 0.849. The minimum Gasteiger partial charge on any atom is -0.371 e. The smallest absolute Gasteiger partial charge is 0.128 e. The highest BCUT2D eigenvalue weighted by molar-refractivity contribution is 5.55. The minimum atomic E-state index is -0.123. The Balaban J connectivity index is 2.28. The number of benzene rings is 1. The van der Waals surface area contributed by atoms with E-state index in [1.807, 2.05) is 6.07 Å². The summed E-state index contributed by atoms with van der Waals surface area (Å²) < 4.78 is 13.7. The highest BCUT2D eigenvalue weighted by Gasteiger charge is 2.21. The number of nitrogens with two attached hydrogens (primary N) is 1. The van der Waals surface area contributed by atoms with E-state index in [0.717, 1.165) is 24.3 Å². The van der Waals surface area contributed by atoms with Crippen LogP contribution in [-0.4, -0.2) is 19.6 Å². The third kappa shape index (κ3) is 2.19. The van der Waals surface area contributed by atoms with Gasteiger partial charge in [0.1, 0.15) is 5.82 Å². The molecule has 1 aliphatic rings. The number of rotatable bonds is 3. The lowest BCUT2D eigenvalue weighted by molar-refractivity contribution is 0.608. The average Bonchev–Trinajstić information content (AvgIpc) is 2.68. The van der Waals surface area contributed by atoms with Crippen LogP contribution in [0.25, 0.3) is 0 Å². The molecule has 1 unspecified atom stereocenters. The van der Waals surface area contributed by atoms with Crippen molar-refractivity contribution in [2.45, 2.75) is 19.8 Å². The molecule has 16 heavy (non-hydrogen) atoms. The van der Waals surface area contributed by atoms with Crippen LogP contribution in [0, 0.1) is 11.7 Å². The van der Waals surface area contributed by atoms with Gasteiger partial charge in [0.15, 0.2) is 0 Å². The van der Waals surface area contributed by atoms with Crippen molar-refractivity contribution < 1.29 is 4.39 Å². The molecule has 0 aliphatic carbocycles. The normalized spacial score (nSPS) is 20.4. The summed E-state index contributed by atoms with van der Waals surface area (Å²) in [6.45, 7) is 4.79. The van der Waals surface area contributed by atoms with Crippen molar-refractivity contribution in [2.75, 3.05) is 24.5 Å². The summed E-state index contributed by atoms with van der Waals surface area (Å²) in [6.07, 6.45) is 1.81. The van der Waals surface area contributed by atoms with E-state index in [2.05, 4.69) is 11.8 Å². The van der Waals surface area contributed by atoms with E-state index in [0.29, 0.717) is 18.9 Å². The zero-order chi connectivity index (χ0) is 11.5. The Morgan fingerprint density at radius 1 is 1.50 bits per heavy atom. The maximum absolute atomic E-state index is 13.7. The molecular weight excluding hydrogens is 203 g/mol. The van der Waals surface area contributed by atoms with Gasteiger partial charge in [-0.05, 0) is 37.4 Å². The third-order valence-electron chi connectivity index (χ3n) is 3.25. The van der Waals surface area contributed by atoms with Crippen LogP contribution >= 0.6 is 0 Å². The van der Waals surface area contributed by atoms with Gasteiger partial charge in [0, 0.05) is 24.3 Å². The lowest BCUT2D eigenvalue weighted by Crippen LogP contribution is -2.22. The maximum Gasteiger partial charge on any atom is 0.128 e. The Hall–Kier alpha value is -1.09. The monoisotopic (exact) mass is 222 g/mol. The second-order valence-corrected chi connectivity index (χ2v) is 4.62. The van der Waals surface area contributed by atoms with E-state index < -0.39 is 0 Å². The number of nitrogens with zero attached hydrogens (tertiary/aromatic N) is 1. The molecule has 0 saturated carbocycles. The molecule has 1 heterocycles. The van der Waals surface area contributed by atoms with Crippen LogP contribution in [0.3, 0.4) is 0 Å². The first-order chi connectivity index (χ1) is 7.72. The van der Waals surface area contributed by atoms with Gasteiger partial charge in [-0.25, -0.2) is 4.39 Å². The summed E-state index contributed by atoms with van der Waals surface area (Å²) in [7, 11) is 0. The first kappa shape index (κ1) is 11.4. The van der Waals surface area contributed by atoms with Crippen molar-refractivity contribution in [1.82, 2.24) is 0 Å². The molecule has 0 aromatic heterocycles. The first-order valence-electron chi connectivity index (χ1n) is 5.94. The van der Waals surface area contributed by atoms with E-state index in [1.165, 1.54) is 12.5 Å².